The van der Waals surface area contributed by atoms with E-state index in [-0.39, 0.29) is 17.7 Å². The molecule has 0 fully saturated rings. The highest BCUT2D eigenvalue weighted by Crippen LogP contribution is 2.16. The topological polar surface area (TPSA) is 80.4 Å². The van der Waals surface area contributed by atoms with Gasteiger partial charge in [-0.1, -0.05) is 6.07 Å². The molecule has 0 radical (unpaired) electrons. The molecule has 0 heterocycles. The van der Waals surface area contributed by atoms with Gasteiger partial charge in [0.2, 0.25) is 5.91 Å². The van der Waals surface area contributed by atoms with Crippen molar-refractivity contribution in [2.24, 2.45) is 5.73 Å². The van der Waals surface area contributed by atoms with Gasteiger partial charge in [0.1, 0.15) is 5.75 Å². The number of carbonyl (C=O) groups is 2. The van der Waals surface area contributed by atoms with Crippen molar-refractivity contribution < 1.29 is 14.7 Å². The first-order valence-electron chi connectivity index (χ1n) is 3.69. The number of hydrogen-bond acceptors (Lipinski definition) is 3. The summed E-state index contributed by atoms with van der Waals surface area (Å²) in [6.07, 6.45) is 0.598. The molecular weight excluding hydrogens is 170 g/mol. The molecule has 3 N–H and O–H groups in total. The third-order valence-corrected chi connectivity index (χ3v) is 1.60. The van der Waals surface area contributed by atoms with Gasteiger partial charge in [-0.05, 0) is 17.7 Å². The van der Waals surface area contributed by atoms with Crippen molar-refractivity contribution in [2.75, 3.05) is 0 Å². The average molecular weight is 179 g/mol. The van der Waals surface area contributed by atoms with Gasteiger partial charge in [-0.2, -0.15) is 0 Å². The van der Waals surface area contributed by atoms with E-state index in [0.717, 1.165) is 0 Å². The second-order valence-corrected chi connectivity index (χ2v) is 2.65. The molecule has 1 amide bonds. The molecule has 0 bridgehead atoms. The Balaban J connectivity index is 2.99. The molecule has 0 atom stereocenters. The minimum atomic E-state index is -0.470. The lowest BCUT2D eigenvalue weighted by Crippen LogP contribution is -2.13. The Hall–Kier alpha value is -1.84. The summed E-state index contributed by atoms with van der Waals surface area (Å²) in [5.74, 6) is -0.564. The summed E-state index contributed by atoms with van der Waals surface area (Å²) in [6, 6.07) is 4.35. The van der Waals surface area contributed by atoms with Crippen LogP contribution in [0.25, 0.3) is 0 Å². The first-order chi connectivity index (χ1) is 6.13. The zero-order valence-electron chi connectivity index (χ0n) is 6.86. The van der Waals surface area contributed by atoms with Crippen LogP contribution < -0.4 is 5.73 Å². The van der Waals surface area contributed by atoms with Crippen LogP contribution in [0.5, 0.6) is 5.75 Å². The highest BCUT2D eigenvalue weighted by atomic mass is 16.3. The van der Waals surface area contributed by atoms with Crippen LogP contribution in [0, 0.1) is 0 Å². The molecule has 4 heteroatoms. The lowest BCUT2D eigenvalue weighted by molar-refractivity contribution is -0.117. The van der Waals surface area contributed by atoms with Crippen LogP contribution in [0.15, 0.2) is 18.2 Å². The maximum atomic E-state index is 10.5. The Morgan fingerprint density at radius 2 is 2.23 bits per heavy atom. The molecule has 4 nitrogen and oxygen atoms in total. The lowest BCUT2D eigenvalue weighted by Gasteiger charge is -2.00. The van der Waals surface area contributed by atoms with E-state index in [0.29, 0.717) is 11.8 Å². The van der Waals surface area contributed by atoms with E-state index in [4.69, 9.17) is 10.8 Å². The van der Waals surface area contributed by atoms with Gasteiger partial charge in [-0.25, -0.2) is 0 Å². The Kier molecular flexibility index (Phi) is 2.64. The average Bonchev–Trinajstić information content (AvgIpc) is 2.07. The van der Waals surface area contributed by atoms with E-state index in [1.807, 2.05) is 0 Å². The molecule has 13 heavy (non-hydrogen) atoms. The van der Waals surface area contributed by atoms with Gasteiger partial charge < -0.3 is 10.8 Å². The highest BCUT2D eigenvalue weighted by Gasteiger charge is 2.03. The van der Waals surface area contributed by atoms with Crippen molar-refractivity contribution in [1.82, 2.24) is 0 Å². The number of phenols is 1. The smallest absolute Gasteiger partial charge is 0.221 e. The molecular formula is C9H9NO3. The van der Waals surface area contributed by atoms with Crippen LogP contribution in [0.4, 0.5) is 0 Å². The summed E-state index contributed by atoms with van der Waals surface area (Å²) >= 11 is 0. The summed E-state index contributed by atoms with van der Waals surface area (Å²) in [5.41, 5.74) is 5.75. The van der Waals surface area contributed by atoms with E-state index in [1.54, 1.807) is 6.07 Å². The molecule has 0 spiro atoms. The number of nitrogens with two attached hydrogens (primary N) is 1. The molecule has 0 aliphatic heterocycles. The van der Waals surface area contributed by atoms with Gasteiger partial charge in [0, 0.05) is 0 Å². The molecule has 0 aromatic heterocycles. The van der Waals surface area contributed by atoms with Crippen LogP contribution in [0.1, 0.15) is 15.9 Å². The van der Waals surface area contributed by atoms with E-state index < -0.39 is 5.91 Å². The maximum absolute atomic E-state index is 10.5. The number of primary amides is 1. The monoisotopic (exact) mass is 179 g/mol. The Morgan fingerprint density at radius 3 is 2.77 bits per heavy atom. The molecule has 68 valence electrons. The zero-order chi connectivity index (χ0) is 9.84. The number of aromatic hydroxyl groups is 1. The van der Waals surface area contributed by atoms with Crippen LogP contribution in [-0.2, 0) is 11.2 Å². The Labute approximate surface area is 75.0 Å². The lowest BCUT2D eigenvalue weighted by atomic mass is 10.1. The van der Waals surface area contributed by atoms with Crippen LogP contribution in [0.3, 0.4) is 0 Å². The van der Waals surface area contributed by atoms with E-state index in [2.05, 4.69) is 0 Å². The predicted molar refractivity (Wildman–Crippen MR) is 46.4 cm³/mol. The second kappa shape index (κ2) is 3.71. The summed E-state index contributed by atoms with van der Waals surface area (Å²) < 4.78 is 0. The van der Waals surface area contributed by atoms with Crippen molar-refractivity contribution in [1.29, 1.82) is 0 Å². The van der Waals surface area contributed by atoms with Crippen molar-refractivity contribution >= 4 is 12.2 Å². The second-order valence-electron chi connectivity index (χ2n) is 2.65. The van der Waals surface area contributed by atoms with E-state index in [1.165, 1.54) is 12.1 Å². The van der Waals surface area contributed by atoms with Crippen molar-refractivity contribution in [3.05, 3.63) is 29.3 Å². The molecule has 0 aliphatic rings. The molecule has 0 saturated carbocycles. The zero-order valence-corrected chi connectivity index (χ0v) is 6.86. The molecule has 0 saturated heterocycles. The minimum absolute atomic E-state index is 0.0706. The van der Waals surface area contributed by atoms with Crippen molar-refractivity contribution in [3.8, 4) is 5.75 Å². The van der Waals surface area contributed by atoms with Crippen LogP contribution in [-0.4, -0.2) is 17.3 Å². The van der Waals surface area contributed by atoms with Crippen LogP contribution >= 0.6 is 0 Å². The van der Waals surface area contributed by atoms with Gasteiger partial charge in [0.25, 0.3) is 0 Å². The summed E-state index contributed by atoms with van der Waals surface area (Å²) in [7, 11) is 0. The predicted octanol–water partition coefficient (Wildman–Crippen LogP) is 0.232. The van der Waals surface area contributed by atoms with E-state index in [9.17, 15) is 9.59 Å². The third kappa shape index (κ3) is 2.30. The normalized spacial score (nSPS) is 9.54. The summed E-state index contributed by atoms with van der Waals surface area (Å²) in [5, 5.41) is 9.12. The largest absolute Gasteiger partial charge is 0.507 e. The molecule has 1 aromatic rings. The van der Waals surface area contributed by atoms with Crippen molar-refractivity contribution in [2.45, 2.75) is 6.42 Å². The van der Waals surface area contributed by atoms with Gasteiger partial charge in [0.15, 0.2) is 6.29 Å². The first kappa shape index (κ1) is 9.25. The summed E-state index contributed by atoms with van der Waals surface area (Å²) in [6.45, 7) is 0. The van der Waals surface area contributed by atoms with Gasteiger partial charge in [0.05, 0.1) is 12.0 Å². The summed E-state index contributed by atoms with van der Waals surface area (Å²) in [4.78, 5) is 20.9. The van der Waals surface area contributed by atoms with E-state index >= 15 is 0 Å². The number of amides is 1. The number of carbonyl (C=O) groups excluding carboxylic acids is 2. The molecule has 0 aliphatic carbocycles. The number of rotatable bonds is 3. The van der Waals surface area contributed by atoms with Gasteiger partial charge >= 0.3 is 0 Å². The molecule has 1 rings (SSSR count). The van der Waals surface area contributed by atoms with Gasteiger partial charge in [-0.3, -0.25) is 9.59 Å². The first-order valence-corrected chi connectivity index (χ1v) is 3.69. The fourth-order valence-electron chi connectivity index (χ4n) is 1.01. The number of hydrogen-bond donors (Lipinski definition) is 2. The van der Waals surface area contributed by atoms with Gasteiger partial charge in [-0.15, -0.1) is 0 Å². The minimum Gasteiger partial charge on any atom is -0.507 e. The number of benzene rings is 1. The molecule has 1 aromatic carbocycles. The Bertz CT molecular complexity index is 347. The Morgan fingerprint density at radius 1 is 1.54 bits per heavy atom. The highest BCUT2D eigenvalue weighted by molar-refractivity contribution is 5.81. The SMILES string of the molecule is NC(=O)Cc1ccc(O)c(C=O)c1. The fraction of sp³-hybridized carbons (Fsp3) is 0.111. The fourth-order valence-corrected chi connectivity index (χ4v) is 1.01. The maximum Gasteiger partial charge on any atom is 0.221 e. The number of phenolic OH excluding ortho intramolecular Hbond substituents is 1. The standard InChI is InChI=1S/C9H9NO3/c10-9(13)4-6-1-2-8(12)7(3-6)5-11/h1-3,5,12H,4H2,(H2,10,13). The quantitative estimate of drug-likeness (QED) is 0.652. The molecule has 0 unspecified atom stereocenters. The number of aldehydes is 1. The van der Waals surface area contributed by atoms with Crippen molar-refractivity contribution in [3.63, 3.8) is 0 Å². The third-order valence-electron chi connectivity index (χ3n) is 1.60. The van der Waals surface area contributed by atoms with Crippen LogP contribution in [0.2, 0.25) is 0 Å².